The predicted molar refractivity (Wildman–Crippen MR) is 66.0 cm³/mol. The summed E-state index contributed by atoms with van der Waals surface area (Å²) < 4.78 is 1.59. The van der Waals surface area contributed by atoms with Gasteiger partial charge in [-0.1, -0.05) is 11.6 Å². The first-order valence-electron chi connectivity index (χ1n) is 5.16. The van der Waals surface area contributed by atoms with Crippen molar-refractivity contribution in [2.24, 2.45) is 0 Å². The summed E-state index contributed by atoms with van der Waals surface area (Å²) in [6.45, 7) is 2.00. The van der Waals surface area contributed by atoms with Gasteiger partial charge in [-0.05, 0) is 18.6 Å². The van der Waals surface area contributed by atoms with E-state index in [0.29, 0.717) is 5.15 Å². The summed E-state index contributed by atoms with van der Waals surface area (Å²) in [5.74, 6) is 0. The van der Waals surface area contributed by atoms with E-state index in [0.717, 1.165) is 22.5 Å². The molecule has 0 atom stereocenters. The predicted octanol–water partition coefficient (Wildman–Crippen LogP) is 2.75. The molecular weight excluding hydrogens is 236 g/mol. The zero-order valence-electron chi connectivity index (χ0n) is 9.13. The molecule has 4 nitrogen and oxygen atoms in total. The minimum atomic E-state index is 0.538. The average molecular weight is 245 g/mol. The lowest BCUT2D eigenvalue weighted by atomic mass is 10.1. The second kappa shape index (κ2) is 3.82. The molecule has 0 N–H and O–H groups in total. The Morgan fingerprint density at radius 3 is 2.94 bits per heavy atom. The molecule has 3 heterocycles. The van der Waals surface area contributed by atoms with Gasteiger partial charge in [0.05, 0.1) is 11.9 Å². The number of hydrogen-bond acceptors (Lipinski definition) is 3. The number of aromatic nitrogens is 4. The Balaban J connectivity index is 2.23. The fraction of sp³-hybridized carbons (Fsp3) is 0.0833. The van der Waals surface area contributed by atoms with Gasteiger partial charge in [-0.2, -0.15) is 5.10 Å². The molecular formula is C12H9ClN4. The highest BCUT2D eigenvalue weighted by molar-refractivity contribution is 6.30. The van der Waals surface area contributed by atoms with Crippen molar-refractivity contribution in [3.8, 4) is 11.3 Å². The van der Waals surface area contributed by atoms with Gasteiger partial charge in [-0.15, -0.1) is 0 Å². The highest BCUT2D eigenvalue weighted by atomic mass is 35.5. The number of fused-ring (bicyclic) bond motifs is 1. The van der Waals surface area contributed by atoms with E-state index < -0.39 is 0 Å². The van der Waals surface area contributed by atoms with Crippen molar-refractivity contribution in [2.45, 2.75) is 6.92 Å². The lowest BCUT2D eigenvalue weighted by Gasteiger charge is -2.03. The van der Waals surface area contributed by atoms with E-state index in [4.69, 9.17) is 11.6 Å². The van der Waals surface area contributed by atoms with Crippen molar-refractivity contribution in [1.29, 1.82) is 0 Å². The average Bonchev–Trinajstić information content (AvgIpc) is 2.77. The third-order valence-corrected chi connectivity index (χ3v) is 2.76. The van der Waals surface area contributed by atoms with Crippen LogP contribution in [0.15, 0.2) is 36.8 Å². The van der Waals surface area contributed by atoms with Gasteiger partial charge in [-0.25, -0.2) is 9.50 Å². The Morgan fingerprint density at radius 2 is 2.12 bits per heavy atom. The van der Waals surface area contributed by atoms with Crippen molar-refractivity contribution in [3.63, 3.8) is 0 Å². The molecule has 0 aliphatic carbocycles. The molecule has 0 bridgehead atoms. The van der Waals surface area contributed by atoms with Gasteiger partial charge in [0.1, 0.15) is 5.15 Å². The van der Waals surface area contributed by atoms with E-state index in [-0.39, 0.29) is 0 Å². The van der Waals surface area contributed by atoms with E-state index in [9.17, 15) is 0 Å². The molecule has 0 aliphatic heterocycles. The van der Waals surface area contributed by atoms with Gasteiger partial charge in [0.2, 0.25) is 0 Å². The summed E-state index contributed by atoms with van der Waals surface area (Å²) in [6, 6.07) is 5.63. The van der Waals surface area contributed by atoms with E-state index in [1.165, 1.54) is 0 Å². The second-order valence-corrected chi connectivity index (χ2v) is 4.20. The first-order valence-corrected chi connectivity index (χ1v) is 5.54. The lowest BCUT2D eigenvalue weighted by Crippen LogP contribution is -1.94. The molecule has 3 aromatic rings. The van der Waals surface area contributed by atoms with Crippen LogP contribution in [0, 0.1) is 6.92 Å². The van der Waals surface area contributed by atoms with Gasteiger partial charge >= 0.3 is 0 Å². The van der Waals surface area contributed by atoms with E-state index >= 15 is 0 Å². The van der Waals surface area contributed by atoms with Gasteiger partial charge in [0, 0.05) is 30.1 Å². The van der Waals surface area contributed by atoms with Crippen LogP contribution in [0.4, 0.5) is 0 Å². The SMILES string of the molecule is Cc1cncc(-c2cc(Cl)n3nccc3n2)c1. The second-order valence-electron chi connectivity index (χ2n) is 3.82. The lowest BCUT2D eigenvalue weighted by molar-refractivity contribution is 0.941. The molecule has 0 aromatic carbocycles. The summed E-state index contributed by atoms with van der Waals surface area (Å²) in [5.41, 5.74) is 3.58. The van der Waals surface area contributed by atoms with Crippen LogP contribution in [0.25, 0.3) is 16.9 Å². The Morgan fingerprint density at radius 1 is 1.24 bits per heavy atom. The summed E-state index contributed by atoms with van der Waals surface area (Å²) >= 11 is 6.13. The monoisotopic (exact) mass is 244 g/mol. The molecule has 0 amide bonds. The van der Waals surface area contributed by atoms with E-state index in [2.05, 4.69) is 15.1 Å². The summed E-state index contributed by atoms with van der Waals surface area (Å²) in [6.07, 6.45) is 5.26. The first-order chi connectivity index (χ1) is 8.24. The van der Waals surface area contributed by atoms with Gasteiger partial charge in [0.25, 0.3) is 0 Å². The molecule has 0 unspecified atom stereocenters. The smallest absolute Gasteiger partial charge is 0.157 e. The van der Waals surface area contributed by atoms with Crippen molar-refractivity contribution in [3.05, 3.63) is 47.5 Å². The number of halogens is 1. The Bertz CT molecular complexity index is 690. The van der Waals surface area contributed by atoms with Crippen LogP contribution in [-0.4, -0.2) is 19.6 Å². The quantitative estimate of drug-likeness (QED) is 0.618. The normalized spacial score (nSPS) is 10.9. The topological polar surface area (TPSA) is 43.1 Å². The van der Waals surface area contributed by atoms with Gasteiger partial charge < -0.3 is 0 Å². The summed E-state index contributed by atoms with van der Waals surface area (Å²) in [7, 11) is 0. The van der Waals surface area contributed by atoms with E-state index in [1.54, 1.807) is 23.0 Å². The Hall–Kier alpha value is -1.94. The zero-order chi connectivity index (χ0) is 11.8. The van der Waals surface area contributed by atoms with Crippen LogP contribution < -0.4 is 0 Å². The third-order valence-electron chi connectivity index (χ3n) is 2.49. The number of pyridine rings is 1. The maximum absolute atomic E-state index is 6.13. The molecule has 0 fully saturated rings. The highest BCUT2D eigenvalue weighted by Gasteiger charge is 2.06. The molecule has 0 radical (unpaired) electrons. The maximum Gasteiger partial charge on any atom is 0.157 e. The number of rotatable bonds is 1. The third kappa shape index (κ3) is 1.76. The fourth-order valence-corrected chi connectivity index (χ4v) is 1.95. The minimum absolute atomic E-state index is 0.538. The van der Waals surface area contributed by atoms with Crippen molar-refractivity contribution >= 4 is 17.2 Å². The molecule has 3 rings (SSSR count). The molecule has 0 saturated carbocycles. The molecule has 0 saturated heterocycles. The van der Waals surface area contributed by atoms with E-state index in [1.807, 2.05) is 25.3 Å². The molecule has 0 spiro atoms. The summed E-state index contributed by atoms with van der Waals surface area (Å²) in [5, 5.41) is 4.62. The van der Waals surface area contributed by atoms with Crippen LogP contribution in [-0.2, 0) is 0 Å². The molecule has 3 aromatic heterocycles. The number of nitrogens with zero attached hydrogens (tertiary/aromatic N) is 4. The first kappa shape index (κ1) is 10.2. The standard InChI is InChI=1S/C12H9ClN4/c1-8-4-9(7-14-6-8)10-5-11(13)17-12(16-10)2-3-15-17/h2-7H,1H3. The number of aryl methyl sites for hydroxylation is 1. The number of hydrogen-bond donors (Lipinski definition) is 0. The highest BCUT2D eigenvalue weighted by Crippen LogP contribution is 2.21. The van der Waals surface area contributed by atoms with Crippen LogP contribution in [0.3, 0.4) is 0 Å². The van der Waals surface area contributed by atoms with Crippen LogP contribution in [0.2, 0.25) is 5.15 Å². The van der Waals surface area contributed by atoms with Crippen LogP contribution >= 0.6 is 11.6 Å². The van der Waals surface area contributed by atoms with Gasteiger partial charge in [0.15, 0.2) is 5.65 Å². The van der Waals surface area contributed by atoms with Crippen LogP contribution in [0.1, 0.15) is 5.56 Å². The molecule has 5 heteroatoms. The molecule has 84 valence electrons. The van der Waals surface area contributed by atoms with Gasteiger partial charge in [-0.3, -0.25) is 4.98 Å². The zero-order valence-corrected chi connectivity index (χ0v) is 9.89. The van der Waals surface area contributed by atoms with Crippen molar-refractivity contribution in [2.75, 3.05) is 0 Å². The fourth-order valence-electron chi connectivity index (χ4n) is 1.72. The van der Waals surface area contributed by atoms with Crippen molar-refractivity contribution in [1.82, 2.24) is 19.6 Å². The summed E-state index contributed by atoms with van der Waals surface area (Å²) in [4.78, 5) is 8.64. The Kier molecular flexibility index (Phi) is 2.30. The van der Waals surface area contributed by atoms with Crippen LogP contribution in [0.5, 0.6) is 0 Å². The van der Waals surface area contributed by atoms with Crippen molar-refractivity contribution < 1.29 is 0 Å². The minimum Gasteiger partial charge on any atom is -0.264 e. The Labute approximate surface area is 103 Å². The molecule has 0 aliphatic rings. The molecule has 17 heavy (non-hydrogen) atoms. The maximum atomic E-state index is 6.13. The largest absolute Gasteiger partial charge is 0.264 e.